The van der Waals surface area contributed by atoms with Crippen LogP contribution in [0.1, 0.15) is 0 Å². The average Bonchev–Trinajstić information content (AvgIpc) is 3.24. The molecule has 0 N–H and O–H groups in total. The first-order valence-electron chi connectivity index (χ1n) is 18.3. The molecule has 10 rings (SSSR count). The summed E-state index contributed by atoms with van der Waals surface area (Å²) in [6.45, 7) is 0. The molecule has 0 aliphatic rings. The van der Waals surface area contributed by atoms with Crippen LogP contribution in [0.25, 0.3) is 76.5 Å². The Kier molecular flexibility index (Phi) is 7.55. The standard InChI is InChI=1S/C52H35N/c1-2-10-36(11-3-1)38-20-27-45(28-21-38)53(46-29-22-39(23-30-46)43-19-18-37-12-4-5-14-42(37)34-43)47-31-24-41(25-32-47)51-35-44-15-7-8-16-48(44)50-33-26-40-13-6-9-17-49(40)52(50)51/h1-35H. The Morgan fingerprint density at radius 1 is 0.245 bits per heavy atom. The number of fused-ring (bicyclic) bond motifs is 6. The molecule has 0 unspecified atom stereocenters. The van der Waals surface area contributed by atoms with E-state index in [-0.39, 0.29) is 0 Å². The highest BCUT2D eigenvalue weighted by Crippen LogP contribution is 2.42. The molecule has 0 bridgehead atoms. The molecule has 0 radical (unpaired) electrons. The minimum Gasteiger partial charge on any atom is -0.311 e. The zero-order valence-electron chi connectivity index (χ0n) is 29.2. The largest absolute Gasteiger partial charge is 0.311 e. The predicted octanol–water partition coefficient (Wildman–Crippen LogP) is 14.8. The molecule has 0 saturated carbocycles. The van der Waals surface area contributed by atoms with Crippen molar-refractivity contribution in [1.29, 1.82) is 0 Å². The molecule has 0 aliphatic carbocycles. The summed E-state index contributed by atoms with van der Waals surface area (Å²) in [6, 6.07) is 77.2. The molecule has 0 amide bonds. The van der Waals surface area contributed by atoms with E-state index in [0.29, 0.717) is 0 Å². The lowest BCUT2D eigenvalue weighted by molar-refractivity contribution is 1.28. The van der Waals surface area contributed by atoms with Gasteiger partial charge in [0.25, 0.3) is 0 Å². The Hall–Kier alpha value is -6.96. The smallest absolute Gasteiger partial charge is 0.0462 e. The van der Waals surface area contributed by atoms with Crippen LogP contribution in [0, 0.1) is 0 Å². The highest BCUT2D eigenvalue weighted by Gasteiger charge is 2.16. The van der Waals surface area contributed by atoms with Gasteiger partial charge in [-0.2, -0.15) is 0 Å². The minimum absolute atomic E-state index is 1.11. The molecule has 10 aromatic carbocycles. The van der Waals surface area contributed by atoms with E-state index in [1.807, 2.05) is 0 Å². The molecule has 248 valence electrons. The van der Waals surface area contributed by atoms with Gasteiger partial charge in [-0.1, -0.05) is 164 Å². The van der Waals surface area contributed by atoms with Gasteiger partial charge in [0, 0.05) is 17.1 Å². The molecule has 0 heterocycles. The topological polar surface area (TPSA) is 3.24 Å². The zero-order valence-corrected chi connectivity index (χ0v) is 29.2. The molecule has 0 fully saturated rings. The van der Waals surface area contributed by atoms with Crippen molar-refractivity contribution in [3.8, 4) is 33.4 Å². The lowest BCUT2D eigenvalue weighted by Crippen LogP contribution is -2.09. The van der Waals surface area contributed by atoms with Crippen molar-refractivity contribution in [1.82, 2.24) is 0 Å². The van der Waals surface area contributed by atoms with E-state index in [9.17, 15) is 0 Å². The van der Waals surface area contributed by atoms with Crippen molar-refractivity contribution in [2.24, 2.45) is 0 Å². The molecule has 0 saturated heterocycles. The van der Waals surface area contributed by atoms with Gasteiger partial charge in [0.1, 0.15) is 0 Å². The van der Waals surface area contributed by atoms with Gasteiger partial charge in [-0.25, -0.2) is 0 Å². The van der Waals surface area contributed by atoms with Gasteiger partial charge >= 0.3 is 0 Å². The molecule has 1 nitrogen and oxygen atoms in total. The third-order valence-corrected chi connectivity index (χ3v) is 10.6. The Labute approximate surface area is 309 Å². The van der Waals surface area contributed by atoms with E-state index in [4.69, 9.17) is 0 Å². The van der Waals surface area contributed by atoms with Crippen molar-refractivity contribution in [2.45, 2.75) is 0 Å². The quantitative estimate of drug-likeness (QED) is 0.159. The summed E-state index contributed by atoms with van der Waals surface area (Å²) in [6.07, 6.45) is 0. The van der Waals surface area contributed by atoms with Gasteiger partial charge in [0.15, 0.2) is 0 Å². The fourth-order valence-electron chi connectivity index (χ4n) is 7.95. The summed E-state index contributed by atoms with van der Waals surface area (Å²) in [5.41, 5.74) is 10.6. The van der Waals surface area contributed by atoms with E-state index in [1.165, 1.54) is 76.5 Å². The van der Waals surface area contributed by atoms with Crippen LogP contribution in [0.3, 0.4) is 0 Å². The van der Waals surface area contributed by atoms with Crippen LogP contribution >= 0.6 is 0 Å². The van der Waals surface area contributed by atoms with Crippen molar-refractivity contribution in [2.75, 3.05) is 4.90 Å². The number of rotatable bonds is 6. The number of anilines is 3. The number of hydrogen-bond donors (Lipinski definition) is 0. The monoisotopic (exact) mass is 673 g/mol. The Bertz CT molecular complexity index is 2910. The Morgan fingerprint density at radius 2 is 0.717 bits per heavy atom. The highest BCUT2D eigenvalue weighted by molar-refractivity contribution is 6.23. The minimum atomic E-state index is 1.11. The van der Waals surface area contributed by atoms with Gasteiger partial charge in [-0.05, 0) is 125 Å². The van der Waals surface area contributed by atoms with Gasteiger partial charge in [-0.15, -0.1) is 0 Å². The van der Waals surface area contributed by atoms with E-state index >= 15 is 0 Å². The second-order valence-corrected chi connectivity index (χ2v) is 13.8. The van der Waals surface area contributed by atoms with Gasteiger partial charge < -0.3 is 4.90 Å². The fourth-order valence-corrected chi connectivity index (χ4v) is 7.95. The van der Waals surface area contributed by atoms with Crippen LogP contribution in [-0.4, -0.2) is 0 Å². The first-order valence-corrected chi connectivity index (χ1v) is 18.3. The maximum absolute atomic E-state index is 2.37. The zero-order chi connectivity index (χ0) is 35.1. The lowest BCUT2D eigenvalue weighted by Gasteiger charge is -2.26. The number of hydrogen-bond acceptors (Lipinski definition) is 1. The summed E-state index contributed by atoms with van der Waals surface area (Å²) in [4.78, 5) is 2.36. The van der Waals surface area contributed by atoms with Crippen molar-refractivity contribution < 1.29 is 0 Å². The molecule has 10 aromatic rings. The van der Waals surface area contributed by atoms with E-state index in [1.54, 1.807) is 0 Å². The predicted molar refractivity (Wildman–Crippen MR) is 227 cm³/mol. The van der Waals surface area contributed by atoms with Crippen molar-refractivity contribution >= 4 is 60.2 Å². The summed E-state index contributed by atoms with van der Waals surface area (Å²) in [5.74, 6) is 0. The normalized spacial score (nSPS) is 11.4. The average molecular weight is 674 g/mol. The maximum Gasteiger partial charge on any atom is 0.0462 e. The molecule has 0 aliphatic heterocycles. The SMILES string of the molecule is c1ccc(-c2ccc(N(c3ccc(-c4ccc5ccccc5c4)cc3)c3ccc(-c4cc5ccccc5c5ccc6ccccc6c45)cc3)cc2)cc1. The Morgan fingerprint density at radius 3 is 1.40 bits per heavy atom. The molecular weight excluding hydrogens is 639 g/mol. The molecule has 0 aromatic heterocycles. The molecule has 0 atom stereocenters. The van der Waals surface area contributed by atoms with Crippen molar-refractivity contribution in [3.05, 3.63) is 212 Å². The van der Waals surface area contributed by atoms with E-state index < -0.39 is 0 Å². The fraction of sp³-hybridized carbons (Fsp3) is 0. The van der Waals surface area contributed by atoms with Gasteiger partial charge in [-0.3, -0.25) is 0 Å². The third-order valence-electron chi connectivity index (χ3n) is 10.6. The van der Waals surface area contributed by atoms with Gasteiger partial charge in [0.2, 0.25) is 0 Å². The lowest BCUT2D eigenvalue weighted by atomic mass is 9.90. The summed E-state index contributed by atoms with van der Waals surface area (Å²) >= 11 is 0. The third kappa shape index (κ3) is 5.60. The molecule has 53 heavy (non-hydrogen) atoms. The van der Waals surface area contributed by atoms with Crippen LogP contribution in [0.4, 0.5) is 17.1 Å². The second-order valence-electron chi connectivity index (χ2n) is 13.8. The summed E-state index contributed by atoms with van der Waals surface area (Å²) < 4.78 is 0. The first kappa shape index (κ1) is 30.8. The highest BCUT2D eigenvalue weighted by atomic mass is 15.1. The van der Waals surface area contributed by atoms with Crippen LogP contribution in [-0.2, 0) is 0 Å². The van der Waals surface area contributed by atoms with Gasteiger partial charge in [0.05, 0.1) is 0 Å². The number of benzene rings is 10. The Balaban J connectivity index is 1.08. The number of nitrogens with zero attached hydrogens (tertiary/aromatic N) is 1. The van der Waals surface area contributed by atoms with E-state index in [0.717, 1.165) is 17.1 Å². The molecule has 0 spiro atoms. The molecular formula is C52H35N. The van der Waals surface area contributed by atoms with Crippen LogP contribution in [0.5, 0.6) is 0 Å². The summed E-state index contributed by atoms with van der Waals surface area (Å²) in [7, 11) is 0. The summed E-state index contributed by atoms with van der Waals surface area (Å²) in [5, 5.41) is 10.2. The van der Waals surface area contributed by atoms with Crippen LogP contribution < -0.4 is 4.90 Å². The maximum atomic E-state index is 2.37. The van der Waals surface area contributed by atoms with Crippen LogP contribution in [0.15, 0.2) is 212 Å². The first-order chi connectivity index (χ1) is 26.3. The van der Waals surface area contributed by atoms with E-state index in [2.05, 4.69) is 217 Å². The molecule has 1 heteroatoms. The van der Waals surface area contributed by atoms with Crippen molar-refractivity contribution in [3.63, 3.8) is 0 Å². The van der Waals surface area contributed by atoms with Crippen LogP contribution in [0.2, 0.25) is 0 Å². The second kappa shape index (κ2) is 13.0.